The first-order valence-electron chi connectivity index (χ1n) is 4.09. The highest BCUT2D eigenvalue weighted by Crippen LogP contribution is 2.25. The lowest BCUT2D eigenvalue weighted by atomic mass is 10.2. The number of halogens is 3. The zero-order valence-electron chi connectivity index (χ0n) is 7.65. The van der Waals surface area contributed by atoms with E-state index in [1.165, 1.54) is 5.54 Å². The maximum atomic E-state index is 6.00. The molecule has 4 heteroatoms. The third kappa shape index (κ3) is 3.09. The summed E-state index contributed by atoms with van der Waals surface area (Å²) in [6, 6.07) is 5.71. The van der Waals surface area contributed by atoms with Crippen LogP contribution in [0.1, 0.15) is 5.56 Å². The van der Waals surface area contributed by atoms with Crippen LogP contribution in [0.2, 0.25) is 5.02 Å². The topological polar surface area (TPSA) is 12.0 Å². The number of aryl methyl sites for hydroxylation is 1. The SMILES string of the molecule is Cc1cccc(Cl)c1NCC(Cl)=CCl. The van der Waals surface area contributed by atoms with Crippen molar-refractivity contribution >= 4 is 40.5 Å². The smallest absolute Gasteiger partial charge is 0.0640 e. The number of hydrogen-bond donors (Lipinski definition) is 1. The van der Waals surface area contributed by atoms with E-state index in [0.717, 1.165) is 11.3 Å². The van der Waals surface area contributed by atoms with Crippen LogP contribution in [-0.4, -0.2) is 6.54 Å². The van der Waals surface area contributed by atoms with Crippen molar-refractivity contribution in [2.24, 2.45) is 0 Å². The molecule has 0 amide bonds. The largest absolute Gasteiger partial charge is 0.379 e. The van der Waals surface area contributed by atoms with Crippen LogP contribution in [-0.2, 0) is 0 Å². The maximum absolute atomic E-state index is 6.00. The van der Waals surface area contributed by atoms with E-state index in [4.69, 9.17) is 34.8 Å². The maximum Gasteiger partial charge on any atom is 0.0640 e. The summed E-state index contributed by atoms with van der Waals surface area (Å²) in [5, 5.41) is 4.35. The minimum atomic E-state index is 0.482. The minimum Gasteiger partial charge on any atom is -0.379 e. The van der Waals surface area contributed by atoms with Crippen LogP contribution in [0.4, 0.5) is 5.69 Å². The lowest BCUT2D eigenvalue weighted by molar-refractivity contribution is 1.28. The first-order chi connectivity index (χ1) is 6.65. The fraction of sp³-hybridized carbons (Fsp3) is 0.200. The molecule has 1 aromatic carbocycles. The minimum absolute atomic E-state index is 0.482. The molecule has 1 N–H and O–H groups in total. The lowest BCUT2D eigenvalue weighted by Crippen LogP contribution is -2.03. The van der Waals surface area contributed by atoms with Crippen molar-refractivity contribution < 1.29 is 0 Å². The van der Waals surface area contributed by atoms with Crippen molar-refractivity contribution in [1.29, 1.82) is 0 Å². The average molecular weight is 251 g/mol. The van der Waals surface area contributed by atoms with Gasteiger partial charge in [-0.3, -0.25) is 0 Å². The van der Waals surface area contributed by atoms with Crippen LogP contribution in [0.5, 0.6) is 0 Å². The van der Waals surface area contributed by atoms with Gasteiger partial charge in [-0.15, -0.1) is 0 Å². The normalized spacial score (nSPS) is 11.6. The van der Waals surface area contributed by atoms with Crippen LogP contribution in [0.15, 0.2) is 28.8 Å². The summed E-state index contributed by atoms with van der Waals surface area (Å²) in [4.78, 5) is 0. The molecule has 0 aliphatic rings. The van der Waals surface area contributed by atoms with Gasteiger partial charge >= 0.3 is 0 Å². The number of nitrogens with one attached hydrogen (secondary N) is 1. The third-order valence-corrected chi connectivity index (χ3v) is 2.71. The summed E-state index contributed by atoms with van der Waals surface area (Å²) in [7, 11) is 0. The second kappa shape index (κ2) is 5.50. The molecule has 0 saturated carbocycles. The monoisotopic (exact) mass is 249 g/mol. The summed E-state index contributed by atoms with van der Waals surface area (Å²) in [5.41, 5.74) is 3.31. The number of anilines is 1. The molecule has 76 valence electrons. The molecule has 0 aromatic heterocycles. The van der Waals surface area contributed by atoms with Crippen LogP contribution in [0.3, 0.4) is 0 Å². The van der Waals surface area contributed by atoms with Crippen molar-refractivity contribution in [2.45, 2.75) is 6.92 Å². The van der Waals surface area contributed by atoms with Gasteiger partial charge in [0.05, 0.1) is 17.3 Å². The van der Waals surface area contributed by atoms with Crippen LogP contribution < -0.4 is 5.32 Å². The molecule has 0 spiro atoms. The molecule has 0 atom stereocenters. The summed E-state index contributed by atoms with van der Waals surface area (Å²) in [6.07, 6.45) is 0. The Hall–Kier alpha value is -0.370. The highest BCUT2D eigenvalue weighted by atomic mass is 35.5. The number of benzene rings is 1. The quantitative estimate of drug-likeness (QED) is 0.839. The number of para-hydroxylation sites is 1. The Bertz CT molecular complexity index is 327. The highest BCUT2D eigenvalue weighted by molar-refractivity contribution is 6.37. The van der Waals surface area contributed by atoms with Crippen molar-refractivity contribution in [3.8, 4) is 0 Å². The lowest BCUT2D eigenvalue weighted by Gasteiger charge is -2.10. The molecular formula is C10H10Cl3N. The van der Waals surface area contributed by atoms with E-state index < -0.39 is 0 Å². The van der Waals surface area contributed by atoms with Gasteiger partial charge < -0.3 is 5.32 Å². The number of rotatable bonds is 3. The van der Waals surface area contributed by atoms with Gasteiger partial charge in [-0.05, 0) is 18.6 Å². The molecule has 0 bridgehead atoms. The molecule has 14 heavy (non-hydrogen) atoms. The molecule has 1 nitrogen and oxygen atoms in total. The molecule has 0 unspecified atom stereocenters. The van der Waals surface area contributed by atoms with Gasteiger partial charge in [-0.1, -0.05) is 46.9 Å². The zero-order valence-corrected chi connectivity index (χ0v) is 9.92. The van der Waals surface area contributed by atoms with Crippen molar-refractivity contribution in [3.63, 3.8) is 0 Å². The Kier molecular flexibility index (Phi) is 4.59. The van der Waals surface area contributed by atoms with Crippen LogP contribution in [0, 0.1) is 6.92 Å². The Morgan fingerprint density at radius 2 is 2.21 bits per heavy atom. The van der Waals surface area contributed by atoms with E-state index in [0.29, 0.717) is 16.6 Å². The van der Waals surface area contributed by atoms with Gasteiger partial charge in [0.15, 0.2) is 0 Å². The molecule has 0 radical (unpaired) electrons. The molecule has 0 saturated heterocycles. The molecule has 0 heterocycles. The molecule has 0 fully saturated rings. The molecule has 1 aromatic rings. The summed E-state index contributed by atoms with van der Waals surface area (Å²) < 4.78 is 0. The highest BCUT2D eigenvalue weighted by Gasteiger charge is 2.02. The summed E-state index contributed by atoms with van der Waals surface area (Å²) >= 11 is 17.2. The van der Waals surface area contributed by atoms with Crippen molar-refractivity contribution in [1.82, 2.24) is 0 Å². The van der Waals surface area contributed by atoms with Gasteiger partial charge in [-0.2, -0.15) is 0 Å². The molecular weight excluding hydrogens is 240 g/mol. The summed E-state index contributed by atoms with van der Waals surface area (Å²) in [6.45, 7) is 2.46. The van der Waals surface area contributed by atoms with Crippen LogP contribution >= 0.6 is 34.8 Å². The van der Waals surface area contributed by atoms with E-state index in [-0.39, 0.29) is 0 Å². The van der Waals surface area contributed by atoms with E-state index in [2.05, 4.69) is 5.32 Å². The molecule has 1 rings (SSSR count). The predicted octanol–water partition coefficient (Wildman–Crippen LogP) is 4.38. The van der Waals surface area contributed by atoms with Gasteiger partial charge in [0.25, 0.3) is 0 Å². The Labute approximate surface area is 98.7 Å². The zero-order chi connectivity index (χ0) is 10.6. The van der Waals surface area contributed by atoms with Crippen LogP contribution in [0.25, 0.3) is 0 Å². The second-order valence-corrected chi connectivity index (χ2v) is 3.95. The van der Waals surface area contributed by atoms with Gasteiger partial charge in [-0.25, -0.2) is 0 Å². The van der Waals surface area contributed by atoms with E-state index in [1.807, 2.05) is 25.1 Å². The van der Waals surface area contributed by atoms with Gasteiger partial charge in [0.1, 0.15) is 0 Å². The third-order valence-electron chi connectivity index (χ3n) is 1.77. The fourth-order valence-electron chi connectivity index (χ4n) is 1.07. The van der Waals surface area contributed by atoms with Crippen molar-refractivity contribution in [3.05, 3.63) is 39.4 Å². The average Bonchev–Trinajstić information content (AvgIpc) is 2.16. The molecule has 0 aliphatic carbocycles. The standard InChI is InChI=1S/C10H10Cl3N/c1-7-3-2-4-9(13)10(7)14-6-8(12)5-11/h2-5,14H,6H2,1H3. The first-order valence-corrected chi connectivity index (χ1v) is 5.28. The Morgan fingerprint density at radius 1 is 1.50 bits per heavy atom. The van der Waals surface area contributed by atoms with Gasteiger partial charge in [0.2, 0.25) is 0 Å². The number of hydrogen-bond acceptors (Lipinski definition) is 1. The fourth-order valence-corrected chi connectivity index (χ4v) is 1.50. The van der Waals surface area contributed by atoms with Gasteiger partial charge in [0, 0.05) is 10.6 Å². The Morgan fingerprint density at radius 3 is 2.79 bits per heavy atom. The van der Waals surface area contributed by atoms with E-state index in [1.54, 1.807) is 0 Å². The summed E-state index contributed by atoms with van der Waals surface area (Å²) in [5.74, 6) is 0. The predicted molar refractivity (Wildman–Crippen MR) is 64.5 cm³/mol. The first kappa shape index (κ1) is 11.7. The van der Waals surface area contributed by atoms with E-state index >= 15 is 0 Å². The van der Waals surface area contributed by atoms with E-state index in [9.17, 15) is 0 Å². The molecule has 0 aliphatic heterocycles. The Balaban J connectivity index is 2.76. The second-order valence-electron chi connectivity index (χ2n) is 2.84. The van der Waals surface area contributed by atoms with Crippen molar-refractivity contribution in [2.75, 3.05) is 11.9 Å².